The summed E-state index contributed by atoms with van der Waals surface area (Å²) in [5, 5.41) is 19.8. The quantitative estimate of drug-likeness (QED) is 0.666. The number of hydrogen-bond donors (Lipinski definition) is 1. The first-order valence-corrected chi connectivity index (χ1v) is 6.31. The number of hydrogen-bond acceptors (Lipinski definition) is 4. The largest absolute Gasteiger partial charge is 0.477 e. The SMILES string of the molecule is O=C(O)c1ccc(CN2CCCCC2)cc1[N+](=O)[O-]. The highest BCUT2D eigenvalue weighted by atomic mass is 16.6. The van der Waals surface area contributed by atoms with Gasteiger partial charge >= 0.3 is 5.97 Å². The molecule has 1 heterocycles. The van der Waals surface area contributed by atoms with Gasteiger partial charge in [-0.25, -0.2) is 4.79 Å². The minimum atomic E-state index is -1.27. The van der Waals surface area contributed by atoms with Gasteiger partial charge in [-0.2, -0.15) is 0 Å². The number of carboxylic acids is 1. The van der Waals surface area contributed by atoms with Crippen molar-refractivity contribution in [1.29, 1.82) is 0 Å². The highest BCUT2D eigenvalue weighted by Crippen LogP contribution is 2.22. The van der Waals surface area contributed by atoms with Crippen molar-refractivity contribution in [2.75, 3.05) is 13.1 Å². The van der Waals surface area contributed by atoms with Crippen LogP contribution in [0.5, 0.6) is 0 Å². The fraction of sp³-hybridized carbons (Fsp3) is 0.462. The molecule has 0 aromatic heterocycles. The van der Waals surface area contributed by atoms with Crippen LogP contribution in [0.3, 0.4) is 0 Å². The number of nitrogens with zero attached hydrogens (tertiary/aromatic N) is 2. The molecule has 0 spiro atoms. The van der Waals surface area contributed by atoms with E-state index in [2.05, 4.69) is 4.90 Å². The van der Waals surface area contributed by atoms with Crippen LogP contribution in [0, 0.1) is 10.1 Å². The van der Waals surface area contributed by atoms with E-state index in [0.29, 0.717) is 6.54 Å². The maximum absolute atomic E-state index is 10.9. The van der Waals surface area contributed by atoms with Gasteiger partial charge in [0.05, 0.1) is 4.92 Å². The minimum Gasteiger partial charge on any atom is -0.477 e. The zero-order valence-corrected chi connectivity index (χ0v) is 10.5. The second-order valence-electron chi connectivity index (χ2n) is 4.75. The molecule has 1 saturated heterocycles. The molecule has 6 heteroatoms. The molecular weight excluding hydrogens is 248 g/mol. The van der Waals surface area contributed by atoms with Gasteiger partial charge in [0.2, 0.25) is 0 Å². The van der Waals surface area contributed by atoms with Crippen LogP contribution in [0.15, 0.2) is 18.2 Å². The van der Waals surface area contributed by atoms with Gasteiger partial charge in [-0.3, -0.25) is 15.0 Å². The summed E-state index contributed by atoms with van der Waals surface area (Å²) in [4.78, 5) is 23.4. The van der Waals surface area contributed by atoms with Crippen molar-refractivity contribution in [2.45, 2.75) is 25.8 Å². The number of piperidine rings is 1. The van der Waals surface area contributed by atoms with Crippen LogP contribution in [-0.4, -0.2) is 34.0 Å². The number of likely N-dealkylation sites (tertiary alicyclic amines) is 1. The van der Waals surface area contributed by atoms with E-state index in [9.17, 15) is 14.9 Å². The van der Waals surface area contributed by atoms with E-state index in [1.165, 1.54) is 18.6 Å². The molecule has 1 fully saturated rings. The third-order valence-electron chi connectivity index (χ3n) is 3.34. The second-order valence-corrected chi connectivity index (χ2v) is 4.75. The summed E-state index contributed by atoms with van der Waals surface area (Å²) in [6, 6.07) is 4.35. The molecule has 0 radical (unpaired) electrons. The van der Waals surface area contributed by atoms with E-state index in [-0.39, 0.29) is 11.3 Å². The van der Waals surface area contributed by atoms with E-state index in [4.69, 9.17) is 5.11 Å². The Morgan fingerprint density at radius 3 is 2.58 bits per heavy atom. The minimum absolute atomic E-state index is 0.257. The summed E-state index contributed by atoms with van der Waals surface area (Å²) in [5.41, 5.74) is 0.202. The molecule has 19 heavy (non-hydrogen) atoms. The Labute approximate surface area is 110 Å². The number of carbonyl (C=O) groups is 1. The molecule has 1 N–H and O–H groups in total. The van der Waals surface area contributed by atoms with Crippen molar-refractivity contribution in [3.8, 4) is 0 Å². The molecule has 102 valence electrons. The van der Waals surface area contributed by atoms with Crippen molar-refractivity contribution in [2.24, 2.45) is 0 Å². The lowest BCUT2D eigenvalue weighted by Crippen LogP contribution is -2.29. The average molecular weight is 264 g/mol. The maximum atomic E-state index is 10.9. The molecule has 0 saturated carbocycles. The Hall–Kier alpha value is -1.95. The lowest BCUT2D eigenvalue weighted by atomic mass is 10.1. The van der Waals surface area contributed by atoms with Crippen LogP contribution in [0.25, 0.3) is 0 Å². The van der Waals surface area contributed by atoms with E-state index in [1.54, 1.807) is 6.07 Å². The lowest BCUT2D eigenvalue weighted by Gasteiger charge is -2.26. The van der Waals surface area contributed by atoms with Gasteiger partial charge in [-0.1, -0.05) is 12.5 Å². The van der Waals surface area contributed by atoms with Gasteiger partial charge in [0.15, 0.2) is 0 Å². The van der Waals surface area contributed by atoms with Crippen molar-refractivity contribution < 1.29 is 14.8 Å². The lowest BCUT2D eigenvalue weighted by molar-refractivity contribution is -0.385. The highest BCUT2D eigenvalue weighted by molar-refractivity contribution is 5.92. The number of benzene rings is 1. The standard InChI is InChI=1S/C13H16N2O4/c16-13(17)11-5-4-10(8-12(11)15(18)19)9-14-6-2-1-3-7-14/h4-5,8H,1-3,6-7,9H2,(H,16,17). The molecule has 1 aromatic carbocycles. The summed E-state index contributed by atoms with van der Waals surface area (Å²) in [5.74, 6) is -1.27. The normalized spacial score (nSPS) is 16.2. The van der Waals surface area contributed by atoms with Crippen LogP contribution in [0.2, 0.25) is 0 Å². The first kappa shape index (κ1) is 13.5. The Bertz CT molecular complexity index is 495. The average Bonchev–Trinajstić information content (AvgIpc) is 2.39. The molecule has 0 atom stereocenters. The molecule has 0 bridgehead atoms. The van der Waals surface area contributed by atoms with E-state index < -0.39 is 10.9 Å². The zero-order valence-electron chi connectivity index (χ0n) is 10.5. The molecule has 1 aliphatic rings. The summed E-state index contributed by atoms with van der Waals surface area (Å²) in [7, 11) is 0. The van der Waals surface area contributed by atoms with Crippen molar-refractivity contribution >= 4 is 11.7 Å². The Morgan fingerprint density at radius 1 is 1.32 bits per heavy atom. The van der Waals surface area contributed by atoms with Gasteiger partial charge in [0, 0.05) is 12.6 Å². The van der Waals surface area contributed by atoms with Gasteiger partial charge in [0.1, 0.15) is 5.56 Å². The number of nitro benzene ring substituents is 1. The zero-order chi connectivity index (χ0) is 13.8. The van der Waals surface area contributed by atoms with E-state index >= 15 is 0 Å². The third-order valence-corrected chi connectivity index (χ3v) is 3.34. The molecule has 0 unspecified atom stereocenters. The molecule has 0 aliphatic carbocycles. The van der Waals surface area contributed by atoms with Crippen molar-refractivity contribution in [3.63, 3.8) is 0 Å². The Balaban J connectivity index is 2.20. The van der Waals surface area contributed by atoms with Crippen LogP contribution < -0.4 is 0 Å². The number of carboxylic acid groups (broad SMARTS) is 1. The molecule has 1 aromatic rings. The third kappa shape index (κ3) is 3.29. The molecule has 2 rings (SSSR count). The van der Waals surface area contributed by atoms with Gasteiger partial charge in [-0.05, 0) is 37.6 Å². The Kier molecular flexibility index (Phi) is 4.11. The topological polar surface area (TPSA) is 83.7 Å². The van der Waals surface area contributed by atoms with Crippen molar-refractivity contribution in [3.05, 3.63) is 39.4 Å². The Morgan fingerprint density at radius 2 is 2.00 bits per heavy atom. The summed E-state index contributed by atoms with van der Waals surface area (Å²) >= 11 is 0. The molecule has 6 nitrogen and oxygen atoms in total. The van der Waals surface area contributed by atoms with Crippen LogP contribution >= 0.6 is 0 Å². The van der Waals surface area contributed by atoms with Crippen LogP contribution in [0.4, 0.5) is 5.69 Å². The number of aromatic carboxylic acids is 1. The second kappa shape index (κ2) is 5.79. The summed E-state index contributed by atoms with van der Waals surface area (Å²) in [6.45, 7) is 2.63. The smallest absolute Gasteiger partial charge is 0.342 e. The first-order valence-electron chi connectivity index (χ1n) is 6.31. The highest BCUT2D eigenvalue weighted by Gasteiger charge is 2.20. The predicted molar refractivity (Wildman–Crippen MR) is 69.2 cm³/mol. The first-order chi connectivity index (χ1) is 9.08. The van der Waals surface area contributed by atoms with E-state index in [0.717, 1.165) is 31.5 Å². The fourth-order valence-corrected chi connectivity index (χ4v) is 2.38. The van der Waals surface area contributed by atoms with E-state index in [1.807, 2.05) is 0 Å². The molecule has 0 amide bonds. The molecule has 1 aliphatic heterocycles. The maximum Gasteiger partial charge on any atom is 0.342 e. The van der Waals surface area contributed by atoms with Gasteiger partial charge < -0.3 is 5.11 Å². The fourth-order valence-electron chi connectivity index (χ4n) is 2.38. The molecular formula is C13H16N2O4. The van der Waals surface area contributed by atoms with Crippen LogP contribution in [0.1, 0.15) is 35.2 Å². The number of rotatable bonds is 4. The van der Waals surface area contributed by atoms with Gasteiger partial charge in [0.25, 0.3) is 5.69 Å². The van der Waals surface area contributed by atoms with Crippen LogP contribution in [-0.2, 0) is 6.54 Å². The number of nitro groups is 1. The summed E-state index contributed by atoms with van der Waals surface area (Å²) in [6.07, 6.45) is 3.53. The summed E-state index contributed by atoms with van der Waals surface area (Å²) < 4.78 is 0. The van der Waals surface area contributed by atoms with Gasteiger partial charge in [-0.15, -0.1) is 0 Å². The van der Waals surface area contributed by atoms with Crippen molar-refractivity contribution in [1.82, 2.24) is 4.90 Å². The predicted octanol–water partition coefficient (Wildman–Crippen LogP) is 2.28. The monoisotopic (exact) mass is 264 g/mol.